The van der Waals surface area contributed by atoms with Gasteiger partial charge in [-0.2, -0.15) is 5.10 Å². The van der Waals surface area contributed by atoms with Gasteiger partial charge in [-0.05, 0) is 30.9 Å². The first-order valence-electron chi connectivity index (χ1n) is 5.90. The van der Waals surface area contributed by atoms with Crippen molar-refractivity contribution in [1.29, 1.82) is 0 Å². The van der Waals surface area contributed by atoms with Crippen molar-refractivity contribution in [2.45, 2.75) is 13.3 Å². The molecule has 92 valence electrons. The Balaban J connectivity index is 1.74. The Morgan fingerprint density at radius 2 is 2.39 bits per heavy atom. The maximum absolute atomic E-state index is 4.37. The van der Waals surface area contributed by atoms with E-state index in [0.717, 1.165) is 30.0 Å². The summed E-state index contributed by atoms with van der Waals surface area (Å²) in [6, 6.07) is 6.28. The SMILES string of the molecule is Cc1cc2c(NCCc3cccs3)nccn2n1. The first kappa shape index (κ1) is 11.2. The topological polar surface area (TPSA) is 42.2 Å². The van der Waals surface area contributed by atoms with Crippen LogP contribution in [0.3, 0.4) is 0 Å². The van der Waals surface area contributed by atoms with Gasteiger partial charge < -0.3 is 5.32 Å². The zero-order chi connectivity index (χ0) is 12.4. The minimum atomic E-state index is 0.886. The number of aryl methyl sites for hydroxylation is 1. The van der Waals surface area contributed by atoms with Crippen LogP contribution in [-0.4, -0.2) is 21.1 Å². The van der Waals surface area contributed by atoms with E-state index in [1.165, 1.54) is 4.88 Å². The van der Waals surface area contributed by atoms with Gasteiger partial charge in [0.1, 0.15) is 5.52 Å². The molecule has 3 aromatic heterocycles. The van der Waals surface area contributed by atoms with E-state index in [4.69, 9.17) is 0 Å². The second kappa shape index (κ2) is 4.78. The van der Waals surface area contributed by atoms with E-state index in [9.17, 15) is 0 Å². The van der Waals surface area contributed by atoms with Crippen LogP contribution in [0.2, 0.25) is 0 Å². The van der Waals surface area contributed by atoms with E-state index in [1.807, 2.05) is 23.7 Å². The number of anilines is 1. The third-order valence-corrected chi connectivity index (χ3v) is 3.69. The Morgan fingerprint density at radius 1 is 1.44 bits per heavy atom. The summed E-state index contributed by atoms with van der Waals surface area (Å²) in [5.74, 6) is 0.898. The van der Waals surface area contributed by atoms with E-state index in [1.54, 1.807) is 17.5 Å². The molecule has 3 heterocycles. The standard InChI is InChI=1S/C13H14N4S/c1-10-9-12-13(15-6-7-17(12)16-10)14-5-4-11-3-2-8-18-11/h2-3,6-9H,4-5H2,1H3,(H,14,15). The Kier molecular flexibility index (Phi) is 2.98. The molecule has 0 unspecified atom stereocenters. The van der Waals surface area contributed by atoms with Crippen LogP contribution in [0.15, 0.2) is 36.0 Å². The molecule has 0 aromatic carbocycles. The van der Waals surface area contributed by atoms with Crippen LogP contribution in [-0.2, 0) is 6.42 Å². The number of nitrogens with zero attached hydrogens (tertiary/aromatic N) is 3. The zero-order valence-electron chi connectivity index (χ0n) is 10.1. The largest absolute Gasteiger partial charge is 0.368 e. The molecule has 0 saturated carbocycles. The summed E-state index contributed by atoms with van der Waals surface area (Å²) in [5, 5.41) is 9.85. The first-order valence-corrected chi connectivity index (χ1v) is 6.78. The highest BCUT2D eigenvalue weighted by Gasteiger charge is 2.04. The molecule has 3 aromatic rings. The molecular formula is C13H14N4S. The molecule has 18 heavy (non-hydrogen) atoms. The van der Waals surface area contributed by atoms with Crippen molar-refractivity contribution in [2.75, 3.05) is 11.9 Å². The van der Waals surface area contributed by atoms with Crippen molar-refractivity contribution in [1.82, 2.24) is 14.6 Å². The molecule has 0 fully saturated rings. The van der Waals surface area contributed by atoms with Crippen molar-refractivity contribution in [3.63, 3.8) is 0 Å². The Bertz CT molecular complexity index is 642. The lowest BCUT2D eigenvalue weighted by Crippen LogP contribution is -2.06. The van der Waals surface area contributed by atoms with Crippen molar-refractivity contribution in [2.24, 2.45) is 0 Å². The quantitative estimate of drug-likeness (QED) is 0.782. The second-order valence-corrected chi connectivity index (χ2v) is 5.18. The Morgan fingerprint density at radius 3 is 3.22 bits per heavy atom. The summed E-state index contributed by atoms with van der Waals surface area (Å²) in [6.07, 6.45) is 4.66. The van der Waals surface area contributed by atoms with Crippen molar-refractivity contribution < 1.29 is 0 Å². The van der Waals surface area contributed by atoms with Crippen molar-refractivity contribution in [3.05, 3.63) is 46.5 Å². The van der Waals surface area contributed by atoms with Crippen LogP contribution in [0.1, 0.15) is 10.6 Å². The van der Waals surface area contributed by atoms with Gasteiger partial charge in [0.2, 0.25) is 0 Å². The maximum atomic E-state index is 4.37. The van der Waals surface area contributed by atoms with E-state index >= 15 is 0 Å². The lowest BCUT2D eigenvalue weighted by molar-refractivity contribution is 0.918. The fourth-order valence-electron chi connectivity index (χ4n) is 1.94. The minimum absolute atomic E-state index is 0.886. The lowest BCUT2D eigenvalue weighted by Gasteiger charge is -2.05. The van der Waals surface area contributed by atoms with Crippen LogP contribution in [0.5, 0.6) is 0 Å². The average Bonchev–Trinajstić information content (AvgIpc) is 2.97. The molecule has 0 aliphatic heterocycles. The van der Waals surface area contributed by atoms with Crippen molar-refractivity contribution in [3.8, 4) is 0 Å². The molecule has 0 spiro atoms. The molecule has 0 aliphatic rings. The van der Waals surface area contributed by atoms with Gasteiger partial charge in [-0.25, -0.2) is 9.50 Å². The molecule has 0 saturated heterocycles. The van der Waals surface area contributed by atoms with Crippen LogP contribution >= 0.6 is 11.3 Å². The molecule has 0 amide bonds. The summed E-state index contributed by atoms with van der Waals surface area (Å²) < 4.78 is 1.86. The number of thiophene rings is 1. The third kappa shape index (κ3) is 2.22. The van der Waals surface area contributed by atoms with E-state index in [0.29, 0.717) is 0 Å². The van der Waals surface area contributed by atoms with Gasteiger partial charge in [-0.15, -0.1) is 11.3 Å². The maximum Gasteiger partial charge on any atom is 0.152 e. The normalized spacial score (nSPS) is 10.9. The third-order valence-electron chi connectivity index (χ3n) is 2.76. The predicted molar refractivity (Wildman–Crippen MR) is 74.2 cm³/mol. The van der Waals surface area contributed by atoms with Gasteiger partial charge in [0.15, 0.2) is 5.82 Å². The predicted octanol–water partition coefficient (Wildman–Crippen LogP) is 2.75. The number of hydrogen-bond donors (Lipinski definition) is 1. The summed E-state index contributed by atoms with van der Waals surface area (Å²) in [4.78, 5) is 5.76. The van der Waals surface area contributed by atoms with Crippen LogP contribution in [0, 0.1) is 6.92 Å². The summed E-state index contributed by atoms with van der Waals surface area (Å²) in [7, 11) is 0. The summed E-state index contributed by atoms with van der Waals surface area (Å²) in [6.45, 7) is 2.87. The van der Waals surface area contributed by atoms with Gasteiger partial charge in [-0.1, -0.05) is 6.07 Å². The number of hydrogen-bond acceptors (Lipinski definition) is 4. The second-order valence-electron chi connectivity index (χ2n) is 4.15. The first-order chi connectivity index (χ1) is 8.83. The highest BCUT2D eigenvalue weighted by atomic mass is 32.1. The Labute approximate surface area is 109 Å². The van der Waals surface area contributed by atoms with Crippen LogP contribution in [0.25, 0.3) is 5.52 Å². The van der Waals surface area contributed by atoms with E-state index in [2.05, 4.69) is 32.9 Å². The molecule has 4 nitrogen and oxygen atoms in total. The Hall–Kier alpha value is -1.88. The van der Waals surface area contributed by atoms with Crippen LogP contribution < -0.4 is 5.32 Å². The van der Waals surface area contributed by atoms with Crippen molar-refractivity contribution >= 4 is 22.7 Å². The highest BCUT2D eigenvalue weighted by Crippen LogP contribution is 2.15. The number of nitrogens with one attached hydrogen (secondary N) is 1. The van der Waals surface area contributed by atoms with Gasteiger partial charge in [0.25, 0.3) is 0 Å². The van der Waals surface area contributed by atoms with Gasteiger partial charge >= 0.3 is 0 Å². The number of aromatic nitrogens is 3. The van der Waals surface area contributed by atoms with Gasteiger partial charge in [-0.3, -0.25) is 0 Å². The lowest BCUT2D eigenvalue weighted by atomic mass is 10.3. The molecule has 5 heteroatoms. The minimum Gasteiger partial charge on any atom is -0.368 e. The fourth-order valence-corrected chi connectivity index (χ4v) is 2.65. The molecule has 0 radical (unpaired) electrons. The fraction of sp³-hybridized carbons (Fsp3) is 0.231. The number of rotatable bonds is 4. The summed E-state index contributed by atoms with van der Waals surface area (Å²) >= 11 is 1.79. The van der Waals surface area contributed by atoms with Gasteiger partial charge in [0.05, 0.1) is 5.69 Å². The molecule has 1 N–H and O–H groups in total. The zero-order valence-corrected chi connectivity index (χ0v) is 10.9. The van der Waals surface area contributed by atoms with Gasteiger partial charge in [0, 0.05) is 23.8 Å². The number of fused-ring (bicyclic) bond motifs is 1. The highest BCUT2D eigenvalue weighted by molar-refractivity contribution is 7.09. The van der Waals surface area contributed by atoms with E-state index < -0.39 is 0 Å². The molecular weight excluding hydrogens is 244 g/mol. The smallest absolute Gasteiger partial charge is 0.152 e. The average molecular weight is 258 g/mol. The van der Waals surface area contributed by atoms with E-state index in [-0.39, 0.29) is 0 Å². The molecule has 0 aliphatic carbocycles. The monoisotopic (exact) mass is 258 g/mol. The summed E-state index contributed by atoms with van der Waals surface area (Å²) in [5.41, 5.74) is 2.03. The molecule has 0 bridgehead atoms. The molecule has 0 atom stereocenters. The molecule has 3 rings (SSSR count). The van der Waals surface area contributed by atoms with Crippen LogP contribution in [0.4, 0.5) is 5.82 Å².